The molecule has 8 N–H and O–H groups in total. The average Bonchev–Trinajstić information content (AvgIpc) is 3.34. The largest absolute Gasteiger partial charge is 0.480 e. The molecule has 0 saturated carbocycles. The molecule has 1 heterocycles. The lowest BCUT2D eigenvalue weighted by molar-refractivity contribution is -0.142. The van der Waals surface area contributed by atoms with E-state index in [1.54, 1.807) is 30.5 Å². The molecule has 11 nitrogen and oxygen atoms in total. The van der Waals surface area contributed by atoms with Crippen molar-refractivity contribution in [1.29, 1.82) is 0 Å². The van der Waals surface area contributed by atoms with Gasteiger partial charge in [-0.25, -0.2) is 4.79 Å². The number of carboxylic acids is 1. The molecule has 4 atom stereocenters. The fourth-order valence-corrected chi connectivity index (χ4v) is 4.39. The highest BCUT2D eigenvalue weighted by molar-refractivity contribution is 5.95. The van der Waals surface area contributed by atoms with E-state index in [0.717, 1.165) is 22.0 Å². The molecule has 0 radical (unpaired) electrons. The standard InChI is InChI=1S/C29H37N5O6/c1-17(2)12-23(32-26(36)21(30)16-35)27(37)33-24(14-19-15-31-22-11-7-6-10-20(19)22)28(38)34-25(29(39)40)13-18-8-4-3-5-9-18/h3-11,15,17,21,23-25,31,35H,12-14,16,30H2,1-2H3,(H,32,36)(H,33,37)(H,34,38)(H,39,40). The van der Waals surface area contributed by atoms with Gasteiger partial charge in [-0.1, -0.05) is 62.4 Å². The Hall–Kier alpha value is -4.22. The SMILES string of the molecule is CC(C)CC(NC(=O)C(N)CO)C(=O)NC(Cc1c[nH]c2ccccc12)C(=O)NC(Cc1ccccc1)C(=O)O. The van der Waals surface area contributed by atoms with Gasteiger partial charge in [0.1, 0.15) is 24.2 Å². The second kappa shape index (κ2) is 14.2. The van der Waals surface area contributed by atoms with Crippen LogP contribution in [0, 0.1) is 5.92 Å². The fourth-order valence-electron chi connectivity index (χ4n) is 4.39. The van der Waals surface area contributed by atoms with E-state index in [2.05, 4.69) is 20.9 Å². The van der Waals surface area contributed by atoms with Gasteiger partial charge in [0, 0.05) is 29.9 Å². The van der Waals surface area contributed by atoms with Crippen LogP contribution in [0.25, 0.3) is 10.9 Å². The lowest BCUT2D eigenvalue weighted by Crippen LogP contribution is -2.58. The van der Waals surface area contributed by atoms with Crippen LogP contribution in [0.4, 0.5) is 0 Å². The lowest BCUT2D eigenvalue weighted by Gasteiger charge is -2.26. The topological polar surface area (TPSA) is 187 Å². The van der Waals surface area contributed by atoms with E-state index in [1.165, 1.54) is 0 Å². The van der Waals surface area contributed by atoms with Crippen molar-refractivity contribution in [1.82, 2.24) is 20.9 Å². The second-order valence-electron chi connectivity index (χ2n) is 10.2. The Balaban J connectivity index is 1.86. The average molecular weight is 552 g/mol. The number of para-hydroxylation sites is 1. The van der Waals surface area contributed by atoms with Crippen molar-refractivity contribution in [3.05, 3.63) is 71.9 Å². The predicted octanol–water partition coefficient (Wildman–Crippen LogP) is 0.858. The van der Waals surface area contributed by atoms with E-state index < -0.39 is 54.5 Å². The summed E-state index contributed by atoms with van der Waals surface area (Å²) >= 11 is 0. The number of aliphatic carboxylic acids is 1. The third-order valence-corrected chi connectivity index (χ3v) is 6.50. The zero-order chi connectivity index (χ0) is 29.2. The zero-order valence-corrected chi connectivity index (χ0v) is 22.6. The Kier molecular flexibility index (Phi) is 10.8. The number of amides is 3. The quantitative estimate of drug-likeness (QED) is 0.155. The van der Waals surface area contributed by atoms with Gasteiger partial charge < -0.3 is 36.9 Å². The van der Waals surface area contributed by atoms with Crippen LogP contribution in [0.2, 0.25) is 0 Å². The summed E-state index contributed by atoms with van der Waals surface area (Å²) in [6.07, 6.45) is 2.12. The molecule has 0 bridgehead atoms. The number of H-pyrrole nitrogens is 1. The highest BCUT2D eigenvalue weighted by Crippen LogP contribution is 2.19. The Morgan fingerprint density at radius 3 is 2.08 bits per heavy atom. The summed E-state index contributed by atoms with van der Waals surface area (Å²) in [5, 5.41) is 27.8. The number of aromatic nitrogens is 1. The molecule has 3 aromatic rings. The Labute approximate surface area is 232 Å². The van der Waals surface area contributed by atoms with Crippen LogP contribution >= 0.6 is 0 Å². The van der Waals surface area contributed by atoms with Gasteiger partial charge in [-0.2, -0.15) is 0 Å². The molecular weight excluding hydrogens is 514 g/mol. The number of hydrogen-bond donors (Lipinski definition) is 7. The molecule has 11 heteroatoms. The van der Waals surface area contributed by atoms with Gasteiger partial charge in [-0.05, 0) is 29.5 Å². The summed E-state index contributed by atoms with van der Waals surface area (Å²) in [6.45, 7) is 3.15. The second-order valence-corrected chi connectivity index (χ2v) is 10.2. The van der Waals surface area contributed by atoms with Crippen molar-refractivity contribution >= 4 is 34.6 Å². The van der Waals surface area contributed by atoms with Gasteiger partial charge in [0.2, 0.25) is 17.7 Å². The number of aliphatic hydroxyl groups is 1. The van der Waals surface area contributed by atoms with Crippen molar-refractivity contribution in [2.45, 2.75) is 57.3 Å². The van der Waals surface area contributed by atoms with Gasteiger partial charge >= 0.3 is 5.97 Å². The number of carbonyl (C=O) groups is 4. The summed E-state index contributed by atoms with van der Waals surface area (Å²) < 4.78 is 0. The molecule has 0 aliphatic heterocycles. The molecule has 0 spiro atoms. The van der Waals surface area contributed by atoms with Crippen LogP contribution < -0.4 is 21.7 Å². The van der Waals surface area contributed by atoms with E-state index in [0.29, 0.717) is 0 Å². The molecule has 4 unspecified atom stereocenters. The number of nitrogens with two attached hydrogens (primary N) is 1. The predicted molar refractivity (Wildman–Crippen MR) is 150 cm³/mol. The Morgan fingerprint density at radius 2 is 1.43 bits per heavy atom. The normalized spacial score (nSPS) is 14.2. The molecule has 0 aliphatic carbocycles. The monoisotopic (exact) mass is 551 g/mol. The lowest BCUT2D eigenvalue weighted by atomic mass is 10.00. The minimum absolute atomic E-state index is 0.00422. The maximum Gasteiger partial charge on any atom is 0.326 e. The summed E-state index contributed by atoms with van der Waals surface area (Å²) in [5.74, 6) is -3.21. The summed E-state index contributed by atoms with van der Waals surface area (Å²) in [6, 6.07) is 11.8. The van der Waals surface area contributed by atoms with Gasteiger partial charge in [0.25, 0.3) is 0 Å². The maximum absolute atomic E-state index is 13.5. The van der Waals surface area contributed by atoms with Crippen LogP contribution in [-0.2, 0) is 32.0 Å². The molecular formula is C29H37N5O6. The van der Waals surface area contributed by atoms with Crippen molar-refractivity contribution in [3.8, 4) is 0 Å². The molecule has 2 aromatic carbocycles. The summed E-state index contributed by atoms with van der Waals surface area (Å²) in [4.78, 5) is 54.5. The number of carboxylic acid groups (broad SMARTS) is 1. The fraction of sp³-hybridized carbons (Fsp3) is 0.379. The van der Waals surface area contributed by atoms with Crippen LogP contribution in [-0.4, -0.2) is 69.7 Å². The molecule has 214 valence electrons. The number of aromatic amines is 1. The minimum Gasteiger partial charge on any atom is -0.480 e. The molecule has 3 amide bonds. The molecule has 0 aliphatic rings. The van der Waals surface area contributed by atoms with E-state index in [-0.39, 0.29) is 25.2 Å². The first kappa shape index (κ1) is 30.3. The van der Waals surface area contributed by atoms with Gasteiger partial charge in [-0.3, -0.25) is 14.4 Å². The summed E-state index contributed by atoms with van der Waals surface area (Å²) in [7, 11) is 0. The number of benzene rings is 2. The highest BCUT2D eigenvalue weighted by Gasteiger charge is 2.31. The Morgan fingerprint density at radius 1 is 0.825 bits per heavy atom. The number of rotatable bonds is 14. The highest BCUT2D eigenvalue weighted by atomic mass is 16.4. The number of aliphatic hydroxyl groups excluding tert-OH is 1. The minimum atomic E-state index is -1.23. The van der Waals surface area contributed by atoms with Gasteiger partial charge in [0.15, 0.2) is 0 Å². The van der Waals surface area contributed by atoms with Gasteiger partial charge in [-0.15, -0.1) is 0 Å². The van der Waals surface area contributed by atoms with Gasteiger partial charge in [0.05, 0.1) is 6.61 Å². The van der Waals surface area contributed by atoms with Crippen molar-refractivity contribution in [3.63, 3.8) is 0 Å². The first-order valence-corrected chi connectivity index (χ1v) is 13.2. The smallest absolute Gasteiger partial charge is 0.326 e. The number of nitrogens with one attached hydrogen (secondary N) is 4. The van der Waals surface area contributed by atoms with E-state index in [1.807, 2.05) is 44.2 Å². The number of carbonyl (C=O) groups excluding carboxylic acids is 3. The first-order valence-electron chi connectivity index (χ1n) is 13.2. The number of fused-ring (bicyclic) bond motifs is 1. The third kappa shape index (κ3) is 8.39. The van der Waals surface area contributed by atoms with Crippen LogP contribution in [0.5, 0.6) is 0 Å². The van der Waals surface area contributed by atoms with Crippen molar-refractivity contribution < 1.29 is 29.4 Å². The molecule has 0 saturated heterocycles. The Bertz CT molecular complexity index is 1310. The number of hydrogen-bond acceptors (Lipinski definition) is 6. The third-order valence-electron chi connectivity index (χ3n) is 6.50. The van der Waals surface area contributed by atoms with E-state index >= 15 is 0 Å². The van der Waals surface area contributed by atoms with E-state index in [9.17, 15) is 29.4 Å². The molecule has 40 heavy (non-hydrogen) atoms. The maximum atomic E-state index is 13.5. The first-order chi connectivity index (χ1) is 19.1. The molecule has 0 fully saturated rings. The zero-order valence-electron chi connectivity index (χ0n) is 22.6. The molecule has 3 rings (SSSR count). The van der Waals surface area contributed by atoms with E-state index in [4.69, 9.17) is 5.73 Å². The summed E-state index contributed by atoms with van der Waals surface area (Å²) in [5.41, 5.74) is 7.94. The van der Waals surface area contributed by atoms with Crippen LogP contribution in [0.3, 0.4) is 0 Å². The van der Waals surface area contributed by atoms with Crippen LogP contribution in [0.1, 0.15) is 31.4 Å². The van der Waals surface area contributed by atoms with Crippen molar-refractivity contribution in [2.75, 3.05) is 6.61 Å². The molecule has 1 aromatic heterocycles. The van der Waals surface area contributed by atoms with Crippen molar-refractivity contribution in [2.24, 2.45) is 11.7 Å². The van der Waals surface area contributed by atoms with Crippen LogP contribution in [0.15, 0.2) is 60.8 Å².